The quantitative estimate of drug-likeness (QED) is 0.353. The Morgan fingerprint density at radius 2 is 2.33 bits per heavy atom. The molecular formula is C6H14N2O. The third-order valence-electron chi connectivity index (χ3n) is 0.886. The molecule has 1 unspecified atom stereocenters. The van der Waals surface area contributed by atoms with Crippen molar-refractivity contribution in [1.29, 1.82) is 0 Å². The number of hydrogen-bond donors (Lipinski definition) is 1. The first-order valence-corrected chi connectivity index (χ1v) is 3.11. The summed E-state index contributed by atoms with van der Waals surface area (Å²) in [6.45, 7) is 5.66. The summed E-state index contributed by atoms with van der Waals surface area (Å²) in [7, 11) is 0. The number of hydrogen-bond acceptors (Lipinski definition) is 3. The standard InChI is InChI=1S/C6H14N2O/c1-4-5(2)8-9-6(3)7/h6H,4,7H2,1-3H3. The lowest BCUT2D eigenvalue weighted by molar-refractivity contribution is 0.0768. The second kappa shape index (κ2) is 4.32. The van der Waals surface area contributed by atoms with E-state index in [0.717, 1.165) is 12.1 Å². The van der Waals surface area contributed by atoms with Crippen molar-refractivity contribution in [3.8, 4) is 0 Å². The van der Waals surface area contributed by atoms with Crippen LogP contribution in [-0.2, 0) is 4.84 Å². The van der Waals surface area contributed by atoms with E-state index in [9.17, 15) is 0 Å². The highest BCUT2D eigenvalue weighted by molar-refractivity contribution is 5.80. The first kappa shape index (κ1) is 8.43. The Bertz CT molecular complexity index is 99.2. The number of nitrogens with two attached hydrogens (primary N) is 1. The zero-order valence-corrected chi connectivity index (χ0v) is 6.22. The van der Waals surface area contributed by atoms with E-state index in [1.54, 1.807) is 6.92 Å². The lowest BCUT2D eigenvalue weighted by atomic mass is 10.3. The van der Waals surface area contributed by atoms with Crippen LogP contribution in [0.2, 0.25) is 0 Å². The molecule has 0 aliphatic rings. The Morgan fingerprint density at radius 1 is 1.78 bits per heavy atom. The highest BCUT2D eigenvalue weighted by atomic mass is 16.6. The maximum atomic E-state index is 5.27. The van der Waals surface area contributed by atoms with Gasteiger partial charge in [-0.25, -0.2) is 0 Å². The van der Waals surface area contributed by atoms with Crippen molar-refractivity contribution in [3.05, 3.63) is 0 Å². The lowest BCUT2D eigenvalue weighted by Crippen LogP contribution is -2.16. The fraction of sp³-hybridized carbons (Fsp3) is 0.833. The van der Waals surface area contributed by atoms with Crippen molar-refractivity contribution in [2.45, 2.75) is 33.4 Å². The molecule has 0 heterocycles. The average Bonchev–Trinajstić information content (AvgIpc) is 1.83. The first-order valence-electron chi connectivity index (χ1n) is 3.11. The van der Waals surface area contributed by atoms with Gasteiger partial charge in [0.15, 0.2) is 6.23 Å². The number of nitrogens with zero attached hydrogens (tertiary/aromatic N) is 1. The van der Waals surface area contributed by atoms with E-state index in [0.29, 0.717) is 0 Å². The van der Waals surface area contributed by atoms with Crippen molar-refractivity contribution in [2.75, 3.05) is 0 Å². The molecule has 0 aliphatic carbocycles. The molecule has 0 spiro atoms. The molecule has 0 rings (SSSR count). The lowest BCUT2D eigenvalue weighted by Gasteiger charge is -2.01. The normalized spacial score (nSPS) is 15.3. The summed E-state index contributed by atoms with van der Waals surface area (Å²) in [4.78, 5) is 4.76. The predicted molar refractivity (Wildman–Crippen MR) is 38.1 cm³/mol. The summed E-state index contributed by atoms with van der Waals surface area (Å²) >= 11 is 0. The monoisotopic (exact) mass is 130 g/mol. The second-order valence-electron chi connectivity index (χ2n) is 1.99. The van der Waals surface area contributed by atoms with Gasteiger partial charge in [0, 0.05) is 0 Å². The van der Waals surface area contributed by atoms with E-state index in [1.807, 2.05) is 13.8 Å². The van der Waals surface area contributed by atoms with E-state index < -0.39 is 0 Å². The molecule has 1 atom stereocenters. The summed E-state index contributed by atoms with van der Waals surface area (Å²) in [5.74, 6) is 0. The van der Waals surface area contributed by atoms with E-state index in [2.05, 4.69) is 5.16 Å². The van der Waals surface area contributed by atoms with Crippen molar-refractivity contribution in [1.82, 2.24) is 0 Å². The Morgan fingerprint density at radius 3 is 2.67 bits per heavy atom. The zero-order chi connectivity index (χ0) is 7.28. The molecule has 0 saturated heterocycles. The Balaban J connectivity index is 3.43. The minimum atomic E-state index is -0.300. The van der Waals surface area contributed by atoms with Gasteiger partial charge in [-0.1, -0.05) is 12.1 Å². The van der Waals surface area contributed by atoms with Crippen LogP contribution < -0.4 is 5.73 Å². The minimum absolute atomic E-state index is 0.300. The maximum Gasteiger partial charge on any atom is 0.173 e. The molecule has 0 saturated carbocycles. The van der Waals surface area contributed by atoms with E-state index >= 15 is 0 Å². The van der Waals surface area contributed by atoms with Crippen molar-refractivity contribution < 1.29 is 4.84 Å². The summed E-state index contributed by atoms with van der Waals surface area (Å²) in [6, 6.07) is 0. The first-order chi connectivity index (χ1) is 4.16. The van der Waals surface area contributed by atoms with Crippen LogP contribution in [0.3, 0.4) is 0 Å². The van der Waals surface area contributed by atoms with E-state index in [1.165, 1.54) is 0 Å². The van der Waals surface area contributed by atoms with Crippen LogP contribution >= 0.6 is 0 Å². The summed E-state index contributed by atoms with van der Waals surface area (Å²) < 4.78 is 0. The minimum Gasteiger partial charge on any atom is -0.377 e. The molecule has 3 heteroatoms. The van der Waals surface area contributed by atoms with Gasteiger partial charge in [0.2, 0.25) is 0 Å². The molecule has 0 radical (unpaired) electrons. The molecule has 0 fully saturated rings. The molecule has 9 heavy (non-hydrogen) atoms. The molecule has 0 amide bonds. The second-order valence-corrected chi connectivity index (χ2v) is 1.99. The maximum absolute atomic E-state index is 5.27. The third-order valence-corrected chi connectivity index (χ3v) is 0.886. The third kappa shape index (κ3) is 5.30. The van der Waals surface area contributed by atoms with Crippen molar-refractivity contribution in [3.63, 3.8) is 0 Å². The average molecular weight is 130 g/mol. The molecule has 3 nitrogen and oxygen atoms in total. The molecule has 0 aromatic carbocycles. The molecule has 0 aromatic rings. The molecule has 0 aromatic heterocycles. The summed E-state index contributed by atoms with van der Waals surface area (Å²) in [5, 5.41) is 3.73. The number of rotatable bonds is 3. The molecule has 0 bridgehead atoms. The fourth-order valence-electron chi connectivity index (χ4n) is 0.238. The van der Waals surface area contributed by atoms with Gasteiger partial charge in [0.1, 0.15) is 0 Å². The summed E-state index contributed by atoms with van der Waals surface area (Å²) in [5.41, 5.74) is 6.23. The van der Waals surface area contributed by atoms with Crippen LogP contribution in [0.1, 0.15) is 27.2 Å². The Hall–Kier alpha value is -0.570. The van der Waals surface area contributed by atoms with Gasteiger partial charge in [-0.3, -0.25) is 5.73 Å². The molecule has 0 aliphatic heterocycles. The van der Waals surface area contributed by atoms with Gasteiger partial charge in [-0.2, -0.15) is 0 Å². The fourth-order valence-corrected chi connectivity index (χ4v) is 0.238. The van der Waals surface area contributed by atoms with Crippen LogP contribution in [0.4, 0.5) is 0 Å². The number of oxime groups is 1. The smallest absolute Gasteiger partial charge is 0.173 e. The van der Waals surface area contributed by atoms with Gasteiger partial charge < -0.3 is 4.84 Å². The van der Waals surface area contributed by atoms with Crippen LogP contribution in [0, 0.1) is 0 Å². The molecular weight excluding hydrogens is 116 g/mol. The van der Waals surface area contributed by atoms with Crippen molar-refractivity contribution in [2.24, 2.45) is 10.9 Å². The topological polar surface area (TPSA) is 47.6 Å². The van der Waals surface area contributed by atoms with E-state index in [4.69, 9.17) is 10.6 Å². The zero-order valence-electron chi connectivity index (χ0n) is 6.22. The van der Waals surface area contributed by atoms with Gasteiger partial charge in [-0.15, -0.1) is 0 Å². The van der Waals surface area contributed by atoms with Crippen LogP contribution in [0.25, 0.3) is 0 Å². The van der Waals surface area contributed by atoms with Crippen LogP contribution in [0.5, 0.6) is 0 Å². The van der Waals surface area contributed by atoms with Gasteiger partial charge in [0.25, 0.3) is 0 Å². The van der Waals surface area contributed by atoms with Crippen molar-refractivity contribution >= 4 is 5.71 Å². The van der Waals surface area contributed by atoms with Gasteiger partial charge in [-0.05, 0) is 20.3 Å². The predicted octanol–water partition coefficient (Wildman–Crippen LogP) is 1.09. The summed E-state index contributed by atoms with van der Waals surface area (Å²) in [6.07, 6.45) is 0.610. The largest absolute Gasteiger partial charge is 0.377 e. The van der Waals surface area contributed by atoms with Gasteiger partial charge in [0.05, 0.1) is 5.71 Å². The highest BCUT2D eigenvalue weighted by Gasteiger charge is 1.89. The SMILES string of the molecule is CCC(C)=NOC(C)N. The van der Waals surface area contributed by atoms with Crippen LogP contribution in [-0.4, -0.2) is 11.9 Å². The highest BCUT2D eigenvalue weighted by Crippen LogP contribution is 1.87. The Labute approximate surface area is 55.9 Å². The molecule has 54 valence electrons. The van der Waals surface area contributed by atoms with Gasteiger partial charge >= 0.3 is 0 Å². The van der Waals surface area contributed by atoms with E-state index in [-0.39, 0.29) is 6.23 Å². The van der Waals surface area contributed by atoms with Crippen LogP contribution in [0.15, 0.2) is 5.16 Å². The molecule has 2 N–H and O–H groups in total. The Kier molecular flexibility index (Phi) is 4.05.